The summed E-state index contributed by atoms with van der Waals surface area (Å²) in [6.07, 6.45) is 48.0. The maximum Gasteiger partial charge on any atom is 0.306 e. The summed E-state index contributed by atoms with van der Waals surface area (Å²) in [5.41, 5.74) is 0. The molecule has 0 bridgehead atoms. The molecule has 0 saturated heterocycles. The zero-order valence-electron chi connectivity index (χ0n) is 41.1. The molecule has 1 atom stereocenters. The summed E-state index contributed by atoms with van der Waals surface area (Å²) in [6, 6.07) is 0. The molecule has 0 spiro atoms. The summed E-state index contributed by atoms with van der Waals surface area (Å²) in [7, 11) is 0. The minimum absolute atomic E-state index is 0.0635. The number of carbonyl (C=O) groups excluding carboxylic acids is 3. The third kappa shape index (κ3) is 47.5. The van der Waals surface area contributed by atoms with Crippen molar-refractivity contribution in [3.63, 3.8) is 0 Å². The van der Waals surface area contributed by atoms with Crippen molar-refractivity contribution in [3.8, 4) is 0 Å². The van der Waals surface area contributed by atoms with Gasteiger partial charge in [-0.3, -0.25) is 14.4 Å². The molecule has 356 valence electrons. The Bertz CT molecular complexity index is 916. The van der Waals surface area contributed by atoms with Gasteiger partial charge in [0.15, 0.2) is 6.10 Å². The second-order valence-corrected chi connectivity index (χ2v) is 19.5. The van der Waals surface area contributed by atoms with Gasteiger partial charge in [-0.25, -0.2) is 0 Å². The Labute approximate surface area is 374 Å². The third-order valence-corrected chi connectivity index (χ3v) is 12.2. The Morgan fingerprint density at radius 1 is 0.317 bits per heavy atom. The first-order chi connectivity index (χ1) is 29.2. The fourth-order valence-corrected chi connectivity index (χ4v) is 8.17. The van der Waals surface area contributed by atoms with Crippen LogP contribution in [0.5, 0.6) is 0 Å². The molecule has 0 unspecified atom stereocenters. The van der Waals surface area contributed by atoms with Crippen molar-refractivity contribution < 1.29 is 28.6 Å². The van der Waals surface area contributed by atoms with Crippen molar-refractivity contribution in [1.82, 2.24) is 0 Å². The number of hydrogen-bond acceptors (Lipinski definition) is 6. The average Bonchev–Trinajstić information content (AvgIpc) is 3.22. The second-order valence-electron chi connectivity index (χ2n) is 19.5. The maximum atomic E-state index is 12.8. The third-order valence-electron chi connectivity index (χ3n) is 12.2. The maximum absolute atomic E-state index is 12.8. The van der Waals surface area contributed by atoms with Gasteiger partial charge < -0.3 is 14.2 Å². The molecule has 0 rings (SSSR count). The second kappa shape index (κ2) is 46.9. The topological polar surface area (TPSA) is 78.9 Å². The Balaban J connectivity index is 4.31. The molecular weight excluding hydrogens is 745 g/mol. The largest absolute Gasteiger partial charge is 0.462 e. The van der Waals surface area contributed by atoms with Crippen LogP contribution in [0.3, 0.4) is 0 Å². The lowest BCUT2D eigenvalue weighted by Gasteiger charge is -2.18. The van der Waals surface area contributed by atoms with Crippen LogP contribution in [0.4, 0.5) is 0 Å². The highest BCUT2D eigenvalue weighted by atomic mass is 16.6. The molecule has 0 amide bonds. The van der Waals surface area contributed by atoms with Crippen molar-refractivity contribution in [2.24, 2.45) is 11.8 Å². The molecule has 0 N–H and O–H groups in total. The van der Waals surface area contributed by atoms with Gasteiger partial charge in [0.05, 0.1) is 0 Å². The lowest BCUT2D eigenvalue weighted by molar-refractivity contribution is -0.167. The number of esters is 3. The van der Waals surface area contributed by atoms with Crippen LogP contribution >= 0.6 is 0 Å². The van der Waals surface area contributed by atoms with Gasteiger partial charge in [0.25, 0.3) is 0 Å². The number of carbonyl (C=O) groups is 3. The van der Waals surface area contributed by atoms with Crippen molar-refractivity contribution in [3.05, 3.63) is 0 Å². The van der Waals surface area contributed by atoms with E-state index in [1.807, 2.05) is 0 Å². The Hall–Kier alpha value is -1.59. The normalized spacial score (nSPS) is 12.1. The van der Waals surface area contributed by atoms with E-state index in [4.69, 9.17) is 14.2 Å². The SMILES string of the molecule is CCCCCCCCCCCCCCCCCC(=O)OC[C@@H](COC(=O)CCCCCCCCCCCC(C)C)OC(=O)CCCCCCCCCCCCCCC(C)C. The zero-order chi connectivity index (χ0) is 44.0. The first kappa shape index (κ1) is 58.4. The molecule has 0 radical (unpaired) electrons. The van der Waals surface area contributed by atoms with Crippen LogP contribution < -0.4 is 0 Å². The van der Waals surface area contributed by atoms with Crippen molar-refractivity contribution in [1.29, 1.82) is 0 Å². The monoisotopic (exact) mass is 849 g/mol. The highest BCUT2D eigenvalue weighted by Gasteiger charge is 2.19. The standard InChI is InChI=1S/C54H104O6/c1-6-7-8-9-10-11-12-13-14-15-19-24-29-34-39-44-52(55)58-47-51(48-59-53(56)45-40-35-30-26-21-23-28-33-38-43-50(4)5)60-54(57)46-41-36-31-25-20-17-16-18-22-27-32-37-42-49(2)3/h49-51H,6-48H2,1-5H3/t51-/m0/s1. The van der Waals surface area contributed by atoms with Crippen LogP contribution in [0, 0.1) is 11.8 Å². The number of rotatable bonds is 48. The fourth-order valence-electron chi connectivity index (χ4n) is 8.17. The molecule has 0 fully saturated rings. The molecule has 0 aliphatic rings. The smallest absolute Gasteiger partial charge is 0.306 e. The fraction of sp³-hybridized carbons (Fsp3) is 0.944. The van der Waals surface area contributed by atoms with Gasteiger partial charge in [0.2, 0.25) is 0 Å². The van der Waals surface area contributed by atoms with E-state index in [0.29, 0.717) is 19.3 Å². The van der Waals surface area contributed by atoms with Crippen LogP contribution in [0.25, 0.3) is 0 Å². The molecule has 6 heteroatoms. The van der Waals surface area contributed by atoms with Crippen LogP contribution in [-0.4, -0.2) is 37.2 Å². The van der Waals surface area contributed by atoms with E-state index in [-0.39, 0.29) is 31.1 Å². The van der Waals surface area contributed by atoms with Gasteiger partial charge in [-0.05, 0) is 31.1 Å². The van der Waals surface area contributed by atoms with Gasteiger partial charge in [0.1, 0.15) is 13.2 Å². The predicted octanol–water partition coefficient (Wildman–Crippen LogP) is 17.3. The molecule has 0 aromatic carbocycles. The van der Waals surface area contributed by atoms with E-state index in [0.717, 1.165) is 69.6 Å². The molecule has 0 aliphatic heterocycles. The summed E-state index contributed by atoms with van der Waals surface area (Å²) in [5.74, 6) is 0.794. The highest BCUT2D eigenvalue weighted by molar-refractivity contribution is 5.71. The van der Waals surface area contributed by atoms with Crippen LogP contribution in [-0.2, 0) is 28.6 Å². The van der Waals surface area contributed by atoms with Crippen molar-refractivity contribution >= 4 is 17.9 Å². The summed E-state index contributed by atoms with van der Waals surface area (Å²) in [6.45, 7) is 11.4. The van der Waals surface area contributed by atoms with Crippen molar-refractivity contribution in [2.45, 2.75) is 304 Å². The van der Waals surface area contributed by atoms with E-state index in [2.05, 4.69) is 34.6 Å². The number of unbranched alkanes of at least 4 members (excludes halogenated alkanes) is 33. The lowest BCUT2D eigenvalue weighted by Crippen LogP contribution is -2.30. The van der Waals surface area contributed by atoms with Crippen molar-refractivity contribution in [2.75, 3.05) is 13.2 Å². The Morgan fingerprint density at radius 3 is 0.817 bits per heavy atom. The zero-order valence-corrected chi connectivity index (χ0v) is 41.1. The van der Waals surface area contributed by atoms with Crippen LogP contribution in [0.2, 0.25) is 0 Å². The molecular formula is C54H104O6. The average molecular weight is 849 g/mol. The predicted molar refractivity (Wildman–Crippen MR) is 256 cm³/mol. The van der Waals surface area contributed by atoms with Crippen LogP contribution in [0.15, 0.2) is 0 Å². The van der Waals surface area contributed by atoms with Crippen LogP contribution in [0.1, 0.15) is 298 Å². The molecule has 0 aromatic rings. The molecule has 0 heterocycles. The summed E-state index contributed by atoms with van der Waals surface area (Å²) < 4.78 is 16.8. The minimum atomic E-state index is -0.762. The first-order valence-electron chi connectivity index (χ1n) is 26.7. The van der Waals surface area contributed by atoms with E-state index in [1.165, 1.54) is 186 Å². The van der Waals surface area contributed by atoms with Gasteiger partial charge in [0, 0.05) is 19.3 Å². The minimum Gasteiger partial charge on any atom is -0.462 e. The molecule has 0 aromatic heterocycles. The Morgan fingerprint density at radius 2 is 0.550 bits per heavy atom. The van der Waals surface area contributed by atoms with E-state index < -0.39 is 6.10 Å². The van der Waals surface area contributed by atoms with Gasteiger partial charge >= 0.3 is 17.9 Å². The molecule has 60 heavy (non-hydrogen) atoms. The number of hydrogen-bond donors (Lipinski definition) is 0. The van der Waals surface area contributed by atoms with Gasteiger partial charge in [-0.1, -0.05) is 259 Å². The highest BCUT2D eigenvalue weighted by Crippen LogP contribution is 2.17. The van der Waals surface area contributed by atoms with E-state index in [1.54, 1.807) is 0 Å². The first-order valence-corrected chi connectivity index (χ1v) is 26.7. The molecule has 0 aliphatic carbocycles. The molecule has 6 nitrogen and oxygen atoms in total. The van der Waals surface area contributed by atoms with Gasteiger partial charge in [-0.15, -0.1) is 0 Å². The van der Waals surface area contributed by atoms with E-state index in [9.17, 15) is 14.4 Å². The number of ether oxygens (including phenoxy) is 3. The van der Waals surface area contributed by atoms with Gasteiger partial charge in [-0.2, -0.15) is 0 Å². The lowest BCUT2D eigenvalue weighted by atomic mass is 10.0. The van der Waals surface area contributed by atoms with E-state index >= 15 is 0 Å². The summed E-state index contributed by atoms with van der Waals surface area (Å²) in [5, 5.41) is 0. The Kier molecular flexibility index (Phi) is 45.7. The quantitative estimate of drug-likeness (QED) is 0.0345. The summed E-state index contributed by atoms with van der Waals surface area (Å²) in [4.78, 5) is 38.0. The summed E-state index contributed by atoms with van der Waals surface area (Å²) >= 11 is 0. The molecule has 0 saturated carbocycles.